The van der Waals surface area contributed by atoms with Crippen molar-refractivity contribution >= 4 is 17.4 Å². The van der Waals surface area contributed by atoms with Crippen LogP contribution >= 0.6 is 0 Å². The minimum atomic E-state index is -0.390. The fraction of sp³-hybridized carbons (Fsp3) is 0.500. The molecule has 0 N–H and O–H groups in total. The zero-order valence-corrected chi connectivity index (χ0v) is 12.3. The predicted molar refractivity (Wildman–Crippen MR) is 80.1 cm³/mol. The maximum atomic E-state index is 12.0. The summed E-state index contributed by atoms with van der Waals surface area (Å²) < 4.78 is 0. The van der Waals surface area contributed by atoms with Crippen LogP contribution in [0, 0.1) is 0 Å². The highest BCUT2D eigenvalue weighted by Crippen LogP contribution is 2.28. The number of anilines is 1. The Morgan fingerprint density at radius 1 is 1.00 bits per heavy atom. The Kier molecular flexibility index (Phi) is 4.90. The van der Waals surface area contributed by atoms with Crippen LogP contribution in [-0.4, -0.2) is 42.8 Å². The summed E-state index contributed by atoms with van der Waals surface area (Å²) in [7, 11) is 0. The summed E-state index contributed by atoms with van der Waals surface area (Å²) >= 11 is 0. The number of carbonyl (C=O) groups is 2. The minimum Gasteiger partial charge on any atom is -0.303 e. The molecule has 0 saturated heterocycles. The molecule has 0 saturated carbocycles. The van der Waals surface area contributed by atoms with Crippen molar-refractivity contribution in [3.8, 4) is 0 Å². The van der Waals surface area contributed by atoms with Gasteiger partial charge in [0.25, 0.3) is 11.7 Å². The molecule has 0 unspecified atom stereocenters. The van der Waals surface area contributed by atoms with Crippen LogP contribution in [0.4, 0.5) is 5.69 Å². The molecular weight excluding hydrogens is 252 g/mol. The van der Waals surface area contributed by atoms with E-state index in [1.807, 2.05) is 12.1 Å². The Labute approximate surface area is 120 Å². The third kappa shape index (κ3) is 2.90. The van der Waals surface area contributed by atoms with E-state index < -0.39 is 0 Å². The number of hydrogen-bond donors (Lipinski definition) is 0. The lowest BCUT2D eigenvalue weighted by atomic mass is 10.1. The number of rotatable bonds is 7. The average molecular weight is 274 g/mol. The van der Waals surface area contributed by atoms with Gasteiger partial charge in [0, 0.05) is 13.1 Å². The van der Waals surface area contributed by atoms with Crippen molar-refractivity contribution in [1.82, 2.24) is 4.90 Å². The van der Waals surface area contributed by atoms with Crippen LogP contribution in [0.3, 0.4) is 0 Å². The standard InChI is InChI=1S/C16H22N2O2/c1-3-9-17(10-4-2)11-12-18-14-8-6-5-7-13(14)15(19)16(18)20/h5-8H,3-4,9-12H2,1-2H3. The number of amides is 1. The number of nitrogens with zero attached hydrogens (tertiary/aromatic N) is 2. The second kappa shape index (κ2) is 6.66. The smallest absolute Gasteiger partial charge is 0.299 e. The van der Waals surface area contributed by atoms with Crippen LogP contribution in [0.5, 0.6) is 0 Å². The summed E-state index contributed by atoms with van der Waals surface area (Å²) in [5.41, 5.74) is 1.30. The van der Waals surface area contributed by atoms with Gasteiger partial charge in [0.1, 0.15) is 0 Å². The molecular formula is C16H22N2O2. The van der Waals surface area contributed by atoms with Gasteiger partial charge in [-0.2, -0.15) is 0 Å². The van der Waals surface area contributed by atoms with Crippen molar-refractivity contribution in [2.45, 2.75) is 26.7 Å². The number of benzene rings is 1. The first-order valence-corrected chi connectivity index (χ1v) is 7.36. The maximum Gasteiger partial charge on any atom is 0.299 e. The third-order valence-corrected chi connectivity index (χ3v) is 3.60. The molecule has 4 nitrogen and oxygen atoms in total. The van der Waals surface area contributed by atoms with Crippen molar-refractivity contribution in [2.24, 2.45) is 0 Å². The van der Waals surface area contributed by atoms with Gasteiger partial charge in [-0.25, -0.2) is 0 Å². The van der Waals surface area contributed by atoms with Crippen molar-refractivity contribution in [3.63, 3.8) is 0 Å². The number of hydrogen-bond acceptors (Lipinski definition) is 3. The summed E-state index contributed by atoms with van der Waals surface area (Å²) in [5.74, 6) is -0.766. The summed E-state index contributed by atoms with van der Waals surface area (Å²) in [6.07, 6.45) is 2.20. The molecule has 108 valence electrons. The molecule has 1 aliphatic heterocycles. The van der Waals surface area contributed by atoms with Gasteiger partial charge in [-0.05, 0) is 38.1 Å². The molecule has 0 spiro atoms. The second-order valence-electron chi connectivity index (χ2n) is 5.14. The van der Waals surface area contributed by atoms with Gasteiger partial charge in [-0.1, -0.05) is 26.0 Å². The lowest BCUT2D eigenvalue weighted by Crippen LogP contribution is -2.38. The van der Waals surface area contributed by atoms with Crippen LogP contribution in [0.15, 0.2) is 24.3 Å². The molecule has 2 rings (SSSR count). The van der Waals surface area contributed by atoms with E-state index in [1.165, 1.54) is 0 Å². The highest BCUT2D eigenvalue weighted by molar-refractivity contribution is 6.52. The van der Waals surface area contributed by atoms with E-state index in [2.05, 4.69) is 18.7 Å². The summed E-state index contributed by atoms with van der Waals surface area (Å²) in [6.45, 7) is 7.78. The van der Waals surface area contributed by atoms with Crippen LogP contribution in [0.25, 0.3) is 0 Å². The molecule has 1 aromatic carbocycles. The van der Waals surface area contributed by atoms with E-state index in [-0.39, 0.29) is 11.7 Å². The Hall–Kier alpha value is -1.68. The first-order valence-electron chi connectivity index (χ1n) is 7.36. The zero-order chi connectivity index (χ0) is 14.5. The zero-order valence-electron chi connectivity index (χ0n) is 12.3. The van der Waals surface area contributed by atoms with Gasteiger partial charge in [0.2, 0.25) is 0 Å². The molecule has 4 heteroatoms. The third-order valence-electron chi connectivity index (χ3n) is 3.60. The Bertz CT molecular complexity index is 493. The Balaban J connectivity index is 2.06. The number of fused-ring (bicyclic) bond motifs is 1. The van der Waals surface area contributed by atoms with Gasteiger partial charge >= 0.3 is 0 Å². The van der Waals surface area contributed by atoms with Crippen molar-refractivity contribution in [3.05, 3.63) is 29.8 Å². The first-order chi connectivity index (χ1) is 9.69. The molecule has 20 heavy (non-hydrogen) atoms. The monoisotopic (exact) mass is 274 g/mol. The summed E-state index contributed by atoms with van der Waals surface area (Å²) in [4.78, 5) is 27.9. The fourth-order valence-electron chi connectivity index (χ4n) is 2.68. The average Bonchev–Trinajstić information content (AvgIpc) is 2.70. The van der Waals surface area contributed by atoms with Crippen LogP contribution in [0.2, 0.25) is 0 Å². The van der Waals surface area contributed by atoms with E-state index in [0.29, 0.717) is 12.1 Å². The number of ketones is 1. The molecule has 0 radical (unpaired) electrons. The molecule has 0 bridgehead atoms. The van der Waals surface area contributed by atoms with Gasteiger partial charge in [-0.15, -0.1) is 0 Å². The largest absolute Gasteiger partial charge is 0.303 e. The minimum absolute atomic E-state index is 0.377. The van der Waals surface area contributed by atoms with Crippen molar-refractivity contribution < 1.29 is 9.59 Å². The lowest BCUT2D eigenvalue weighted by molar-refractivity contribution is -0.114. The van der Waals surface area contributed by atoms with Crippen LogP contribution in [0.1, 0.15) is 37.0 Å². The highest BCUT2D eigenvalue weighted by atomic mass is 16.2. The van der Waals surface area contributed by atoms with Crippen molar-refractivity contribution in [1.29, 1.82) is 0 Å². The molecule has 1 amide bonds. The van der Waals surface area contributed by atoms with E-state index in [4.69, 9.17) is 0 Å². The Morgan fingerprint density at radius 3 is 2.30 bits per heavy atom. The fourth-order valence-corrected chi connectivity index (χ4v) is 2.68. The van der Waals surface area contributed by atoms with Crippen LogP contribution in [-0.2, 0) is 4.79 Å². The molecule has 1 aliphatic rings. The molecule has 0 atom stereocenters. The predicted octanol–water partition coefficient (Wildman–Crippen LogP) is 2.34. The van der Waals surface area contributed by atoms with Gasteiger partial charge in [0.05, 0.1) is 11.3 Å². The van der Waals surface area contributed by atoms with Gasteiger partial charge in [0.15, 0.2) is 0 Å². The normalized spacial score (nSPS) is 14.2. The summed E-state index contributed by atoms with van der Waals surface area (Å²) in [6, 6.07) is 7.25. The van der Waals surface area contributed by atoms with Crippen molar-refractivity contribution in [2.75, 3.05) is 31.1 Å². The number of Topliss-reactive ketones (excluding diaryl/α,β-unsaturated/α-hetero) is 1. The molecule has 0 aliphatic carbocycles. The second-order valence-corrected chi connectivity index (χ2v) is 5.14. The highest BCUT2D eigenvalue weighted by Gasteiger charge is 2.35. The molecule has 1 heterocycles. The first kappa shape index (κ1) is 14.7. The number of para-hydroxylation sites is 1. The quantitative estimate of drug-likeness (QED) is 0.717. The maximum absolute atomic E-state index is 12.0. The molecule has 1 aromatic rings. The molecule has 0 fully saturated rings. The van der Waals surface area contributed by atoms with Crippen LogP contribution < -0.4 is 4.90 Å². The Morgan fingerprint density at radius 2 is 1.65 bits per heavy atom. The van der Waals surface area contributed by atoms with E-state index in [1.54, 1.807) is 17.0 Å². The van der Waals surface area contributed by atoms with E-state index in [9.17, 15) is 9.59 Å². The number of carbonyl (C=O) groups excluding carboxylic acids is 2. The van der Waals surface area contributed by atoms with Gasteiger partial charge in [-0.3, -0.25) is 9.59 Å². The SMILES string of the molecule is CCCN(CCC)CCN1C(=O)C(=O)c2ccccc21. The topological polar surface area (TPSA) is 40.6 Å². The molecule has 0 aromatic heterocycles. The van der Waals surface area contributed by atoms with Gasteiger partial charge < -0.3 is 9.80 Å². The van der Waals surface area contributed by atoms with E-state index >= 15 is 0 Å². The summed E-state index contributed by atoms with van der Waals surface area (Å²) in [5, 5.41) is 0. The van der Waals surface area contributed by atoms with E-state index in [0.717, 1.165) is 38.2 Å². The lowest BCUT2D eigenvalue weighted by Gasteiger charge is -2.24.